The molecule has 0 unspecified atom stereocenters. The topological polar surface area (TPSA) is 55.8 Å². The molecule has 0 fully saturated rings. The molecule has 0 spiro atoms. The van der Waals surface area contributed by atoms with Crippen LogP contribution in [0.3, 0.4) is 0 Å². The van der Waals surface area contributed by atoms with Crippen molar-refractivity contribution in [2.24, 2.45) is 0 Å². The number of carbonyl (C=O) groups is 1. The molecule has 0 atom stereocenters. The lowest BCUT2D eigenvalue weighted by molar-refractivity contribution is 0.101. The van der Waals surface area contributed by atoms with E-state index in [0.717, 1.165) is 21.3 Å². The second-order valence-corrected chi connectivity index (χ2v) is 7.02. The highest BCUT2D eigenvalue weighted by molar-refractivity contribution is 9.10. The molecule has 0 radical (unpaired) electrons. The lowest BCUT2D eigenvalue weighted by Gasteiger charge is -2.07. The molecule has 0 aliphatic carbocycles. The van der Waals surface area contributed by atoms with E-state index in [4.69, 9.17) is 9.47 Å². The maximum Gasteiger partial charge on any atom is 0.231 e. The number of phenols is 1. The van der Waals surface area contributed by atoms with E-state index in [1.165, 1.54) is 12.1 Å². The van der Waals surface area contributed by atoms with Gasteiger partial charge in [-0.05, 0) is 53.6 Å². The van der Waals surface area contributed by atoms with Crippen molar-refractivity contribution in [3.8, 4) is 17.2 Å². The fourth-order valence-electron chi connectivity index (χ4n) is 2.78. The predicted molar refractivity (Wildman–Crippen MR) is 106 cm³/mol. The number of ketones is 1. The average molecular weight is 423 g/mol. The third-order valence-electron chi connectivity index (χ3n) is 4.13. The SMILES string of the molecule is O=C1/C(=C/c2ccc(OCc3cccc(Br)c3)cc2)Oc2cc(O)ccc21. The first-order valence-electron chi connectivity index (χ1n) is 8.33. The zero-order valence-electron chi connectivity index (χ0n) is 14.2. The Hall–Kier alpha value is -3.05. The van der Waals surface area contributed by atoms with E-state index >= 15 is 0 Å². The monoisotopic (exact) mass is 422 g/mol. The molecule has 1 aliphatic rings. The zero-order valence-corrected chi connectivity index (χ0v) is 15.8. The fourth-order valence-corrected chi connectivity index (χ4v) is 3.23. The Labute approximate surface area is 164 Å². The third kappa shape index (κ3) is 3.88. The summed E-state index contributed by atoms with van der Waals surface area (Å²) >= 11 is 3.44. The van der Waals surface area contributed by atoms with Crippen LogP contribution in [0.5, 0.6) is 17.2 Å². The first-order valence-corrected chi connectivity index (χ1v) is 9.12. The number of fused-ring (bicyclic) bond motifs is 1. The quantitative estimate of drug-likeness (QED) is 0.575. The summed E-state index contributed by atoms with van der Waals surface area (Å²) in [6.07, 6.45) is 1.68. The second-order valence-electron chi connectivity index (χ2n) is 6.11. The lowest BCUT2D eigenvalue weighted by atomic mass is 10.1. The van der Waals surface area contributed by atoms with Crippen molar-refractivity contribution in [3.05, 3.63) is 93.7 Å². The molecule has 0 aromatic heterocycles. The van der Waals surface area contributed by atoms with Crippen LogP contribution < -0.4 is 9.47 Å². The number of hydrogen-bond donors (Lipinski definition) is 1. The van der Waals surface area contributed by atoms with Crippen LogP contribution in [0.2, 0.25) is 0 Å². The van der Waals surface area contributed by atoms with Gasteiger partial charge in [-0.25, -0.2) is 0 Å². The number of hydrogen-bond acceptors (Lipinski definition) is 4. The van der Waals surface area contributed by atoms with E-state index in [-0.39, 0.29) is 17.3 Å². The van der Waals surface area contributed by atoms with Crippen LogP contribution in [0.25, 0.3) is 6.08 Å². The number of benzene rings is 3. The molecular weight excluding hydrogens is 408 g/mol. The minimum absolute atomic E-state index is 0.0646. The Balaban J connectivity index is 1.45. The summed E-state index contributed by atoms with van der Waals surface area (Å²) < 4.78 is 12.4. The summed E-state index contributed by atoms with van der Waals surface area (Å²) in [5.41, 5.74) is 2.35. The van der Waals surface area contributed by atoms with Crippen molar-refractivity contribution in [2.75, 3.05) is 0 Å². The zero-order chi connectivity index (χ0) is 18.8. The van der Waals surface area contributed by atoms with Gasteiger partial charge in [0.2, 0.25) is 5.78 Å². The number of phenolic OH excluding ortho intramolecular Hbond substituents is 1. The van der Waals surface area contributed by atoms with Crippen molar-refractivity contribution in [2.45, 2.75) is 6.61 Å². The molecule has 3 aromatic carbocycles. The van der Waals surface area contributed by atoms with Gasteiger partial charge in [-0.15, -0.1) is 0 Å². The summed E-state index contributed by atoms with van der Waals surface area (Å²) in [5.74, 6) is 1.22. The molecule has 3 aromatic rings. The molecule has 1 N–H and O–H groups in total. The van der Waals surface area contributed by atoms with E-state index in [2.05, 4.69) is 15.9 Å². The van der Waals surface area contributed by atoms with Crippen molar-refractivity contribution < 1.29 is 19.4 Å². The molecule has 1 heterocycles. The molecule has 4 nitrogen and oxygen atoms in total. The molecule has 1 aliphatic heterocycles. The largest absolute Gasteiger partial charge is 0.508 e. The Bertz CT molecular complexity index is 1040. The summed E-state index contributed by atoms with van der Waals surface area (Å²) in [7, 11) is 0. The van der Waals surface area contributed by atoms with E-state index in [1.807, 2.05) is 48.5 Å². The van der Waals surface area contributed by atoms with Gasteiger partial charge in [0, 0.05) is 10.5 Å². The van der Waals surface area contributed by atoms with Crippen LogP contribution in [0.15, 0.2) is 77.0 Å². The summed E-state index contributed by atoms with van der Waals surface area (Å²) in [4.78, 5) is 12.4. The Morgan fingerprint density at radius 3 is 2.63 bits per heavy atom. The van der Waals surface area contributed by atoms with Gasteiger partial charge in [-0.2, -0.15) is 0 Å². The van der Waals surface area contributed by atoms with Gasteiger partial charge in [0.05, 0.1) is 5.56 Å². The smallest absolute Gasteiger partial charge is 0.231 e. The summed E-state index contributed by atoms with van der Waals surface area (Å²) in [6, 6.07) is 19.8. The normalized spacial score (nSPS) is 14.1. The molecule has 0 saturated heterocycles. The molecule has 0 bridgehead atoms. The molecule has 134 valence electrons. The van der Waals surface area contributed by atoms with E-state index in [9.17, 15) is 9.90 Å². The van der Waals surface area contributed by atoms with Crippen molar-refractivity contribution in [3.63, 3.8) is 0 Å². The number of rotatable bonds is 4. The number of carbonyl (C=O) groups excluding carboxylic acids is 1. The number of Topliss-reactive ketones (excluding diaryl/α,β-unsaturated/α-hetero) is 1. The maximum atomic E-state index is 12.4. The molecular formula is C22H15BrO4. The molecule has 27 heavy (non-hydrogen) atoms. The minimum atomic E-state index is -0.194. The second kappa shape index (κ2) is 7.29. The van der Waals surface area contributed by atoms with Gasteiger partial charge < -0.3 is 14.6 Å². The van der Waals surface area contributed by atoms with Gasteiger partial charge in [0.1, 0.15) is 23.9 Å². The van der Waals surface area contributed by atoms with Gasteiger partial charge in [0.15, 0.2) is 5.76 Å². The minimum Gasteiger partial charge on any atom is -0.508 e. The van der Waals surface area contributed by atoms with Crippen LogP contribution in [-0.4, -0.2) is 10.9 Å². The van der Waals surface area contributed by atoms with Gasteiger partial charge in [-0.3, -0.25) is 4.79 Å². The average Bonchev–Trinajstić information content (AvgIpc) is 2.96. The Kier molecular flexibility index (Phi) is 4.69. The van der Waals surface area contributed by atoms with Crippen LogP contribution in [0.4, 0.5) is 0 Å². The Morgan fingerprint density at radius 2 is 1.85 bits per heavy atom. The lowest BCUT2D eigenvalue weighted by Crippen LogP contribution is -1.98. The van der Waals surface area contributed by atoms with E-state index in [0.29, 0.717) is 17.9 Å². The number of allylic oxidation sites excluding steroid dienone is 1. The van der Waals surface area contributed by atoms with Crippen LogP contribution in [0.1, 0.15) is 21.5 Å². The predicted octanol–water partition coefficient (Wildman–Crippen LogP) is 5.35. The molecule has 0 amide bonds. The highest BCUT2D eigenvalue weighted by Gasteiger charge is 2.27. The summed E-state index contributed by atoms with van der Waals surface area (Å²) in [6.45, 7) is 0.472. The summed E-state index contributed by atoms with van der Waals surface area (Å²) in [5, 5.41) is 9.51. The number of ether oxygens (including phenoxy) is 2. The first kappa shape index (κ1) is 17.4. The van der Waals surface area contributed by atoms with Gasteiger partial charge in [0.25, 0.3) is 0 Å². The number of halogens is 1. The maximum absolute atomic E-state index is 12.4. The van der Waals surface area contributed by atoms with E-state index in [1.54, 1.807) is 12.1 Å². The van der Waals surface area contributed by atoms with E-state index < -0.39 is 0 Å². The van der Waals surface area contributed by atoms with Crippen molar-refractivity contribution in [1.82, 2.24) is 0 Å². The van der Waals surface area contributed by atoms with Crippen LogP contribution in [0, 0.1) is 0 Å². The van der Waals surface area contributed by atoms with Gasteiger partial charge in [-0.1, -0.05) is 40.2 Å². The molecule has 0 saturated carbocycles. The molecule has 5 heteroatoms. The highest BCUT2D eigenvalue weighted by Crippen LogP contribution is 2.34. The standard InChI is InChI=1S/C22H15BrO4/c23-16-3-1-2-15(10-16)13-26-18-7-4-14(5-8-18)11-21-22(25)19-9-6-17(24)12-20(19)27-21/h1-12,24H,13H2/b21-11-. The molecule has 4 rings (SSSR count). The first-order chi connectivity index (χ1) is 13.1. The number of aromatic hydroxyl groups is 1. The van der Waals surface area contributed by atoms with Crippen molar-refractivity contribution in [1.29, 1.82) is 0 Å². The fraction of sp³-hybridized carbons (Fsp3) is 0.0455. The van der Waals surface area contributed by atoms with Crippen molar-refractivity contribution >= 4 is 27.8 Å². The third-order valence-corrected chi connectivity index (χ3v) is 4.62. The van der Waals surface area contributed by atoms with Crippen LogP contribution >= 0.6 is 15.9 Å². The highest BCUT2D eigenvalue weighted by atomic mass is 79.9. The Morgan fingerprint density at radius 1 is 1.04 bits per heavy atom. The van der Waals surface area contributed by atoms with Crippen LogP contribution in [-0.2, 0) is 6.61 Å². The van der Waals surface area contributed by atoms with Gasteiger partial charge >= 0.3 is 0 Å².